The van der Waals surface area contributed by atoms with E-state index in [9.17, 15) is 9.18 Å². The molecule has 0 aliphatic heterocycles. The number of hydrogen-bond acceptors (Lipinski definition) is 1. The number of carbonyl (C=O) groups is 1. The molecule has 1 N–H and O–H groups in total. The lowest BCUT2D eigenvalue weighted by molar-refractivity contribution is -0.154. The minimum Gasteiger partial charge on any atom is -0.479 e. The van der Waals surface area contributed by atoms with Crippen LogP contribution >= 0.6 is 0 Å². The summed E-state index contributed by atoms with van der Waals surface area (Å²) in [6, 6.07) is 0. The van der Waals surface area contributed by atoms with E-state index in [-0.39, 0.29) is 12.8 Å². The molecule has 0 radical (unpaired) electrons. The summed E-state index contributed by atoms with van der Waals surface area (Å²) >= 11 is 0. The summed E-state index contributed by atoms with van der Waals surface area (Å²) in [7, 11) is 0. The lowest BCUT2D eigenvalue weighted by Crippen LogP contribution is -2.38. The molecule has 0 atom stereocenters. The molecule has 0 aromatic rings. The smallest absolute Gasteiger partial charge is 0.341 e. The third-order valence-electron chi connectivity index (χ3n) is 3.15. The topological polar surface area (TPSA) is 37.3 Å². The predicted molar refractivity (Wildman–Crippen MR) is 48.3 cm³/mol. The van der Waals surface area contributed by atoms with Crippen LogP contribution in [-0.2, 0) is 4.79 Å². The first kappa shape index (κ1) is 10.5. The number of carboxylic acids is 1. The van der Waals surface area contributed by atoms with E-state index in [1.165, 1.54) is 0 Å². The van der Waals surface area contributed by atoms with E-state index < -0.39 is 11.6 Å². The molecule has 1 aliphatic carbocycles. The lowest BCUT2D eigenvalue weighted by Gasteiger charge is -2.32. The summed E-state index contributed by atoms with van der Waals surface area (Å²) in [5.74, 6) is -0.240. The number of aliphatic carboxylic acids is 1. The molecule has 0 spiro atoms. The van der Waals surface area contributed by atoms with Gasteiger partial charge >= 0.3 is 5.97 Å². The van der Waals surface area contributed by atoms with Gasteiger partial charge in [-0.1, -0.05) is 13.8 Å². The van der Waals surface area contributed by atoms with Crippen LogP contribution in [0.2, 0.25) is 0 Å². The van der Waals surface area contributed by atoms with Crippen LogP contribution in [0.3, 0.4) is 0 Å². The van der Waals surface area contributed by atoms with Gasteiger partial charge in [0.2, 0.25) is 5.67 Å². The summed E-state index contributed by atoms with van der Waals surface area (Å²) in [4.78, 5) is 10.6. The zero-order chi connectivity index (χ0) is 10.1. The van der Waals surface area contributed by atoms with Crippen LogP contribution in [0.4, 0.5) is 4.39 Å². The fourth-order valence-corrected chi connectivity index (χ4v) is 1.98. The van der Waals surface area contributed by atoms with E-state index in [1.807, 2.05) is 0 Å². The average Bonchev–Trinajstić information content (AvgIpc) is 2.04. The molecule has 13 heavy (non-hydrogen) atoms. The summed E-state index contributed by atoms with van der Waals surface area (Å²) in [5, 5.41) is 8.65. The van der Waals surface area contributed by atoms with Crippen LogP contribution in [0.5, 0.6) is 0 Å². The maximum Gasteiger partial charge on any atom is 0.341 e. The summed E-state index contributed by atoms with van der Waals surface area (Å²) < 4.78 is 13.5. The Bertz CT molecular complexity index is 193. The van der Waals surface area contributed by atoms with E-state index in [0.29, 0.717) is 24.7 Å². The quantitative estimate of drug-likeness (QED) is 0.723. The largest absolute Gasteiger partial charge is 0.479 e. The van der Waals surface area contributed by atoms with Crippen molar-refractivity contribution in [1.29, 1.82) is 0 Å². The maximum atomic E-state index is 13.5. The van der Waals surface area contributed by atoms with Gasteiger partial charge < -0.3 is 5.11 Å². The minimum absolute atomic E-state index is 0.186. The third-order valence-corrected chi connectivity index (χ3v) is 3.15. The monoisotopic (exact) mass is 188 g/mol. The van der Waals surface area contributed by atoms with Gasteiger partial charge in [0.05, 0.1) is 0 Å². The molecule has 1 fully saturated rings. The van der Waals surface area contributed by atoms with Gasteiger partial charge in [-0.3, -0.25) is 0 Å². The summed E-state index contributed by atoms with van der Waals surface area (Å²) in [6.07, 6.45) is 1.79. The predicted octanol–water partition coefficient (Wildman–Crippen LogP) is 2.63. The third kappa shape index (κ3) is 2.20. The Hall–Kier alpha value is -0.600. The normalized spacial score (nSPS) is 34.9. The van der Waals surface area contributed by atoms with Gasteiger partial charge in [0.1, 0.15) is 0 Å². The number of halogens is 1. The number of alkyl halides is 1. The van der Waals surface area contributed by atoms with Crippen LogP contribution in [-0.4, -0.2) is 16.7 Å². The molecule has 2 nitrogen and oxygen atoms in total. The average molecular weight is 188 g/mol. The Kier molecular flexibility index (Phi) is 2.94. The van der Waals surface area contributed by atoms with Crippen LogP contribution in [0.1, 0.15) is 39.5 Å². The van der Waals surface area contributed by atoms with E-state index in [4.69, 9.17) is 5.11 Å². The molecule has 1 saturated carbocycles. The van der Waals surface area contributed by atoms with E-state index >= 15 is 0 Å². The van der Waals surface area contributed by atoms with Crippen molar-refractivity contribution >= 4 is 5.97 Å². The molecule has 3 heteroatoms. The Morgan fingerprint density at radius 1 is 1.46 bits per heavy atom. The van der Waals surface area contributed by atoms with Crippen molar-refractivity contribution in [2.75, 3.05) is 0 Å². The Labute approximate surface area is 78.1 Å². The highest BCUT2D eigenvalue weighted by Crippen LogP contribution is 2.38. The molecule has 0 bridgehead atoms. The van der Waals surface area contributed by atoms with Crippen LogP contribution < -0.4 is 0 Å². The van der Waals surface area contributed by atoms with Crippen LogP contribution in [0, 0.1) is 11.8 Å². The van der Waals surface area contributed by atoms with Crippen molar-refractivity contribution in [2.45, 2.75) is 45.2 Å². The van der Waals surface area contributed by atoms with Crippen molar-refractivity contribution in [3.05, 3.63) is 0 Å². The second kappa shape index (κ2) is 3.64. The zero-order valence-electron chi connectivity index (χ0n) is 8.22. The van der Waals surface area contributed by atoms with Crippen LogP contribution in [0.25, 0.3) is 0 Å². The number of hydrogen-bond donors (Lipinski definition) is 1. The van der Waals surface area contributed by atoms with Crippen molar-refractivity contribution in [3.8, 4) is 0 Å². The first-order valence-corrected chi connectivity index (χ1v) is 4.88. The minimum atomic E-state index is -1.94. The first-order chi connectivity index (χ1) is 5.96. The molecule has 0 amide bonds. The molecule has 1 rings (SSSR count). The highest BCUT2D eigenvalue weighted by atomic mass is 19.1. The van der Waals surface area contributed by atoms with E-state index in [1.54, 1.807) is 0 Å². The van der Waals surface area contributed by atoms with Gasteiger partial charge in [0, 0.05) is 0 Å². The van der Waals surface area contributed by atoms with Gasteiger partial charge in [-0.25, -0.2) is 9.18 Å². The fourth-order valence-electron chi connectivity index (χ4n) is 1.98. The van der Waals surface area contributed by atoms with Crippen molar-refractivity contribution in [2.24, 2.45) is 11.8 Å². The number of rotatable bonds is 2. The second-order valence-electron chi connectivity index (χ2n) is 4.35. The number of carboxylic acid groups (broad SMARTS) is 1. The highest BCUT2D eigenvalue weighted by molar-refractivity contribution is 5.77. The lowest BCUT2D eigenvalue weighted by atomic mass is 9.75. The zero-order valence-corrected chi connectivity index (χ0v) is 8.22. The van der Waals surface area contributed by atoms with Crippen LogP contribution in [0.15, 0.2) is 0 Å². The molecule has 0 unspecified atom stereocenters. The Morgan fingerprint density at radius 2 is 1.92 bits per heavy atom. The van der Waals surface area contributed by atoms with Gasteiger partial charge in [0.25, 0.3) is 0 Å². The molecule has 0 saturated heterocycles. The molecule has 0 aromatic carbocycles. The van der Waals surface area contributed by atoms with Crippen molar-refractivity contribution in [3.63, 3.8) is 0 Å². The van der Waals surface area contributed by atoms with Gasteiger partial charge in [0.15, 0.2) is 0 Å². The first-order valence-electron chi connectivity index (χ1n) is 4.88. The van der Waals surface area contributed by atoms with Gasteiger partial charge in [-0.2, -0.15) is 0 Å². The standard InChI is InChI=1S/C10H17FO2/c1-7(2)8-3-5-10(11,6-4-8)9(12)13/h7-8H,3-6H2,1-2H3,(H,12,13). The van der Waals surface area contributed by atoms with Gasteiger partial charge in [-0.15, -0.1) is 0 Å². The molecular weight excluding hydrogens is 171 g/mol. The second-order valence-corrected chi connectivity index (χ2v) is 4.35. The fraction of sp³-hybridized carbons (Fsp3) is 0.900. The molecule has 0 aromatic heterocycles. The Balaban J connectivity index is 2.51. The van der Waals surface area contributed by atoms with E-state index in [2.05, 4.69) is 13.8 Å². The summed E-state index contributed by atoms with van der Waals surface area (Å²) in [5.41, 5.74) is -1.94. The molecule has 0 heterocycles. The highest BCUT2D eigenvalue weighted by Gasteiger charge is 2.42. The SMILES string of the molecule is CC(C)C1CCC(F)(C(=O)O)CC1. The molecule has 1 aliphatic rings. The van der Waals surface area contributed by atoms with Crippen molar-refractivity contribution < 1.29 is 14.3 Å². The van der Waals surface area contributed by atoms with E-state index in [0.717, 1.165) is 0 Å². The molecule has 76 valence electrons. The molecular formula is C10H17FO2. The van der Waals surface area contributed by atoms with Gasteiger partial charge in [-0.05, 0) is 37.5 Å². The maximum absolute atomic E-state index is 13.5. The van der Waals surface area contributed by atoms with Crippen molar-refractivity contribution in [1.82, 2.24) is 0 Å². The summed E-state index contributed by atoms with van der Waals surface area (Å²) in [6.45, 7) is 4.22. The Morgan fingerprint density at radius 3 is 2.23 bits per heavy atom.